The number of quaternary nitrogens is 1. The largest absolute Gasteiger partial charge is 0.449 e. The van der Waals surface area contributed by atoms with Crippen molar-refractivity contribution in [1.82, 2.24) is 9.55 Å². The number of fused-ring (bicyclic) bond motifs is 1. The summed E-state index contributed by atoms with van der Waals surface area (Å²) in [5, 5.41) is 4.77. The van der Waals surface area contributed by atoms with E-state index in [9.17, 15) is 14.4 Å². The molecule has 0 atom stereocenters. The van der Waals surface area contributed by atoms with Gasteiger partial charge in [-0.05, 0) is 62.9 Å². The van der Waals surface area contributed by atoms with Gasteiger partial charge in [0.25, 0.3) is 0 Å². The molecule has 0 aliphatic heterocycles. The van der Waals surface area contributed by atoms with Gasteiger partial charge in [0.15, 0.2) is 5.82 Å². The number of ether oxygens (including phenoxy) is 1. The van der Waals surface area contributed by atoms with Crippen molar-refractivity contribution in [2.75, 3.05) is 11.9 Å². The van der Waals surface area contributed by atoms with Crippen LogP contribution in [-0.2, 0) is 14.3 Å². The molecule has 5 rings (SSSR count). The smallest absolute Gasteiger partial charge is 0.420 e. The predicted octanol–water partition coefficient (Wildman–Crippen LogP) is 5.53. The van der Waals surface area contributed by atoms with Crippen LogP contribution in [0, 0.1) is 11.8 Å². The number of hydrogen-bond donors (Lipinski definition) is 2. The van der Waals surface area contributed by atoms with Gasteiger partial charge in [-0.25, -0.2) is 19.1 Å². The number of nitrogens with two attached hydrogens (primary N) is 1. The zero-order valence-electron chi connectivity index (χ0n) is 22.1. The van der Waals surface area contributed by atoms with Crippen molar-refractivity contribution >= 4 is 40.3 Å². The molecule has 38 heavy (non-hydrogen) atoms. The summed E-state index contributed by atoms with van der Waals surface area (Å²) >= 11 is 0. The Balaban J connectivity index is 1.39. The van der Waals surface area contributed by atoms with Gasteiger partial charge in [-0.1, -0.05) is 38.5 Å². The highest BCUT2D eigenvalue weighted by Crippen LogP contribution is 2.29. The predicted molar refractivity (Wildman–Crippen MR) is 146 cm³/mol. The number of carbonyl (C=O) groups excluding carboxylic acids is 3. The fourth-order valence-electron chi connectivity index (χ4n) is 5.73. The first-order chi connectivity index (χ1) is 18.5. The average molecular weight is 518 g/mol. The summed E-state index contributed by atoms with van der Waals surface area (Å²) in [6.45, 7) is 2.01. The second-order valence-corrected chi connectivity index (χ2v) is 10.5. The lowest BCUT2D eigenvalue weighted by Crippen LogP contribution is -2.84. The fourth-order valence-corrected chi connectivity index (χ4v) is 5.73. The molecule has 8 heteroatoms. The Kier molecular flexibility index (Phi) is 8.17. The minimum Gasteiger partial charge on any atom is -0.449 e. The number of nitrogens with one attached hydrogen (secondary N) is 1. The third kappa shape index (κ3) is 5.80. The maximum absolute atomic E-state index is 13.0. The molecule has 2 saturated carbocycles. The molecule has 8 nitrogen and oxygen atoms in total. The van der Waals surface area contributed by atoms with Crippen LogP contribution < -0.4 is 10.6 Å². The Labute approximate surface area is 223 Å². The van der Waals surface area contributed by atoms with Gasteiger partial charge >= 0.3 is 12.0 Å². The van der Waals surface area contributed by atoms with E-state index in [0.29, 0.717) is 22.5 Å². The number of carbonyl (C=O) groups is 3. The third-order valence-corrected chi connectivity index (χ3v) is 7.83. The van der Waals surface area contributed by atoms with Crippen LogP contribution in [-0.4, -0.2) is 34.1 Å². The molecule has 0 unspecified atom stereocenters. The van der Waals surface area contributed by atoms with Crippen LogP contribution in [0.25, 0.3) is 22.4 Å². The van der Waals surface area contributed by atoms with Crippen molar-refractivity contribution in [2.45, 2.75) is 71.1 Å². The molecule has 1 aromatic heterocycles. The van der Waals surface area contributed by atoms with Crippen molar-refractivity contribution in [3.05, 3.63) is 42.5 Å². The summed E-state index contributed by atoms with van der Waals surface area (Å²) in [4.78, 5) is 43.2. The van der Waals surface area contributed by atoms with Crippen molar-refractivity contribution in [1.29, 1.82) is 0 Å². The molecule has 2 amide bonds. The summed E-state index contributed by atoms with van der Waals surface area (Å²) in [6.07, 6.45) is 10.1. The Hall–Kier alpha value is -3.52. The molecule has 2 fully saturated rings. The molecule has 0 saturated heterocycles. The van der Waals surface area contributed by atoms with E-state index in [4.69, 9.17) is 9.72 Å². The Morgan fingerprint density at radius 2 is 1.58 bits per heavy atom. The third-order valence-electron chi connectivity index (χ3n) is 7.83. The van der Waals surface area contributed by atoms with E-state index in [1.807, 2.05) is 24.3 Å². The number of rotatable bonds is 6. The summed E-state index contributed by atoms with van der Waals surface area (Å²) < 4.78 is 6.81. The molecule has 0 spiro atoms. The number of benzene rings is 2. The number of amides is 2. The zero-order valence-corrected chi connectivity index (χ0v) is 22.1. The van der Waals surface area contributed by atoms with Crippen molar-refractivity contribution in [3.63, 3.8) is 0 Å². The van der Waals surface area contributed by atoms with E-state index < -0.39 is 6.09 Å². The first-order valence-electron chi connectivity index (χ1n) is 14.0. The first-order valence-corrected chi connectivity index (χ1v) is 14.0. The summed E-state index contributed by atoms with van der Waals surface area (Å²) in [6, 6.07) is 12.9. The number of primary amides is 1. The summed E-state index contributed by atoms with van der Waals surface area (Å²) in [7, 11) is 0. The second-order valence-electron chi connectivity index (χ2n) is 10.5. The highest BCUT2D eigenvalue weighted by atomic mass is 16.5. The maximum Gasteiger partial charge on any atom is 0.420 e. The molecule has 3 N–H and O–H groups in total. The van der Waals surface area contributed by atoms with Crippen LogP contribution in [0.2, 0.25) is 0 Å². The van der Waals surface area contributed by atoms with Crippen molar-refractivity contribution in [3.8, 4) is 11.4 Å². The summed E-state index contributed by atoms with van der Waals surface area (Å²) in [5.41, 5.74) is 3.45. The number of nitrogens with zero attached hydrogens (tertiary/aromatic N) is 2. The van der Waals surface area contributed by atoms with E-state index in [2.05, 4.69) is 5.32 Å². The molecular formula is C30H37N4O4+. The molecule has 2 aromatic carbocycles. The Bertz CT molecular complexity index is 1300. The van der Waals surface area contributed by atoms with Gasteiger partial charge in [-0.2, -0.15) is 0 Å². The molecule has 1 heterocycles. The van der Waals surface area contributed by atoms with Gasteiger partial charge in [-0.3, -0.25) is 10.1 Å². The van der Waals surface area contributed by atoms with Gasteiger partial charge in [0.2, 0.25) is 5.91 Å². The fraction of sp³-hybridized carbons (Fsp3) is 0.467. The molecule has 200 valence electrons. The lowest BCUT2D eigenvalue weighted by Gasteiger charge is -2.20. The monoisotopic (exact) mass is 517 g/mol. The molecule has 0 radical (unpaired) electrons. The minimum atomic E-state index is -0.507. The van der Waals surface area contributed by atoms with Crippen molar-refractivity contribution < 1.29 is 24.4 Å². The number of anilines is 1. The van der Waals surface area contributed by atoms with E-state index in [1.54, 1.807) is 30.4 Å². The number of hydrogen-bond acceptors (Lipinski definition) is 5. The topological polar surface area (TPSA) is 107 Å². The van der Waals surface area contributed by atoms with Gasteiger partial charge in [0.1, 0.15) is 5.69 Å². The second kappa shape index (κ2) is 11.9. The van der Waals surface area contributed by atoms with Crippen LogP contribution in [0.4, 0.5) is 16.2 Å². The number of imidazole rings is 1. The molecule has 2 aliphatic carbocycles. The number of aromatic nitrogens is 2. The lowest BCUT2D eigenvalue weighted by atomic mass is 9.88. The summed E-state index contributed by atoms with van der Waals surface area (Å²) in [5.74, 6) is 0.874. The van der Waals surface area contributed by atoms with E-state index in [0.717, 1.165) is 62.6 Å². The first kappa shape index (κ1) is 26.1. The highest BCUT2D eigenvalue weighted by Gasteiger charge is 2.26. The SMILES string of the molecule is CCOC(=O)n1c(-c2ccc([NH2+]C(=O)C3CCCCC3)cc2)nc2cc(NC(=O)C3CCCCC3)ccc21. The van der Waals surface area contributed by atoms with Crippen LogP contribution in [0.5, 0.6) is 0 Å². The molecule has 2 aliphatic rings. The van der Waals surface area contributed by atoms with Crippen LogP contribution in [0.3, 0.4) is 0 Å². The van der Waals surface area contributed by atoms with Gasteiger partial charge in [-0.15, -0.1) is 0 Å². The standard InChI is InChI=1S/C30H36N4O4/c1-2-38-30(37)34-26-18-17-24(32-29(36)22-11-7-4-8-12-22)19-25(26)33-27(34)20-13-15-23(16-14-20)31-28(35)21-9-5-3-6-10-21/h13-19,21-22H,2-12H2,1H3,(H,31,35)(H,32,36)/p+1. The quantitative estimate of drug-likeness (QED) is 0.418. The van der Waals surface area contributed by atoms with Gasteiger partial charge in [0, 0.05) is 29.3 Å². The normalized spacial score (nSPS) is 16.9. The van der Waals surface area contributed by atoms with E-state index in [-0.39, 0.29) is 30.3 Å². The Morgan fingerprint density at radius 3 is 2.24 bits per heavy atom. The minimum absolute atomic E-state index is 0.0451. The average Bonchev–Trinajstić information content (AvgIpc) is 3.33. The maximum atomic E-state index is 13.0. The van der Waals surface area contributed by atoms with Gasteiger partial charge < -0.3 is 10.1 Å². The Morgan fingerprint density at radius 1 is 0.921 bits per heavy atom. The van der Waals surface area contributed by atoms with Gasteiger partial charge in [0.05, 0.1) is 23.6 Å². The molecule has 0 bridgehead atoms. The van der Waals surface area contributed by atoms with E-state index in [1.165, 1.54) is 17.4 Å². The van der Waals surface area contributed by atoms with E-state index >= 15 is 0 Å². The zero-order chi connectivity index (χ0) is 26.5. The lowest BCUT2D eigenvalue weighted by molar-refractivity contribution is -0.488. The van der Waals surface area contributed by atoms with Crippen molar-refractivity contribution in [2.24, 2.45) is 11.8 Å². The van der Waals surface area contributed by atoms with Crippen LogP contribution in [0.15, 0.2) is 42.5 Å². The highest BCUT2D eigenvalue weighted by molar-refractivity contribution is 5.97. The molecular weight excluding hydrogens is 480 g/mol. The van der Waals surface area contributed by atoms with Crippen LogP contribution >= 0.6 is 0 Å². The molecule has 3 aromatic rings. The van der Waals surface area contributed by atoms with Crippen LogP contribution in [0.1, 0.15) is 71.1 Å².